The molecule has 2 heterocycles. The fraction of sp³-hybridized carbons (Fsp3) is 0.286. The Morgan fingerprint density at radius 2 is 1.96 bits per heavy atom. The maximum atomic E-state index is 12.0. The van der Waals surface area contributed by atoms with Crippen LogP contribution in [0.2, 0.25) is 0 Å². The molecule has 2 aromatic heterocycles. The molecular formula is C21H18N4O. The quantitative estimate of drug-likeness (QED) is 0.720. The summed E-state index contributed by atoms with van der Waals surface area (Å²) < 4.78 is 2.00. The Labute approximate surface area is 151 Å². The minimum Gasteiger partial charge on any atom is -0.309 e. The van der Waals surface area contributed by atoms with Crippen LogP contribution in [-0.2, 0) is 10.3 Å². The molecule has 5 rings (SSSR count). The maximum absolute atomic E-state index is 12.0. The number of nitrogens with one attached hydrogen (secondary N) is 1. The highest BCUT2D eigenvalue weighted by Crippen LogP contribution is 2.49. The van der Waals surface area contributed by atoms with Gasteiger partial charge in [-0.2, -0.15) is 0 Å². The van der Waals surface area contributed by atoms with E-state index < -0.39 is 0 Å². The Morgan fingerprint density at radius 3 is 2.62 bits per heavy atom. The highest BCUT2D eigenvalue weighted by Gasteiger charge is 2.52. The summed E-state index contributed by atoms with van der Waals surface area (Å²) >= 11 is 0. The van der Waals surface area contributed by atoms with Crippen molar-refractivity contribution < 1.29 is 4.79 Å². The van der Waals surface area contributed by atoms with Crippen molar-refractivity contribution in [2.45, 2.75) is 31.2 Å². The van der Waals surface area contributed by atoms with E-state index in [-0.39, 0.29) is 17.4 Å². The normalized spacial score (nSPS) is 17.7. The van der Waals surface area contributed by atoms with Gasteiger partial charge in [0.15, 0.2) is 5.82 Å². The van der Waals surface area contributed by atoms with E-state index in [1.54, 1.807) is 0 Å². The lowest BCUT2D eigenvalue weighted by molar-refractivity contribution is -0.117. The van der Waals surface area contributed by atoms with Gasteiger partial charge in [0.1, 0.15) is 5.65 Å². The fourth-order valence-corrected chi connectivity index (χ4v) is 3.41. The molecule has 2 aliphatic carbocycles. The molecule has 5 heteroatoms. The van der Waals surface area contributed by atoms with Gasteiger partial charge >= 0.3 is 0 Å². The molecule has 3 aromatic rings. The molecule has 5 nitrogen and oxygen atoms in total. The summed E-state index contributed by atoms with van der Waals surface area (Å²) in [7, 11) is 0. The van der Waals surface area contributed by atoms with Crippen LogP contribution in [-0.4, -0.2) is 15.3 Å². The average Bonchev–Trinajstić information content (AvgIpc) is 3.58. The molecule has 0 radical (unpaired) electrons. The SMILES string of the molecule is [C-]#[N+]C1(c2ccc(-c3cccc4nc(NC(=O)C5CC5)cn34)cc2)CC1. The van der Waals surface area contributed by atoms with Crippen molar-refractivity contribution in [2.75, 3.05) is 5.32 Å². The molecule has 0 spiro atoms. The number of anilines is 1. The Morgan fingerprint density at radius 1 is 1.19 bits per heavy atom. The summed E-state index contributed by atoms with van der Waals surface area (Å²) in [6, 6.07) is 14.2. The number of imidazole rings is 1. The van der Waals surface area contributed by atoms with Crippen molar-refractivity contribution in [1.29, 1.82) is 0 Å². The first-order chi connectivity index (χ1) is 12.7. The number of aromatic nitrogens is 2. The van der Waals surface area contributed by atoms with Gasteiger partial charge in [-0.05, 0) is 30.5 Å². The van der Waals surface area contributed by atoms with Gasteiger partial charge in [0.25, 0.3) is 5.54 Å². The van der Waals surface area contributed by atoms with E-state index in [4.69, 9.17) is 6.57 Å². The van der Waals surface area contributed by atoms with Crippen LogP contribution >= 0.6 is 0 Å². The number of hydrogen-bond acceptors (Lipinski definition) is 2. The molecule has 1 N–H and O–H groups in total. The molecule has 26 heavy (non-hydrogen) atoms. The predicted molar refractivity (Wildman–Crippen MR) is 99.5 cm³/mol. The van der Waals surface area contributed by atoms with E-state index in [0.29, 0.717) is 5.82 Å². The van der Waals surface area contributed by atoms with Crippen LogP contribution in [0.25, 0.3) is 21.7 Å². The summed E-state index contributed by atoms with van der Waals surface area (Å²) in [5, 5.41) is 2.91. The highest BCUT2D eigenvalue weighted by atomic mass is 16.2. The van der Waals surface area contributed by atoms with Gasteiger partial charge in [0.2, 0.25) is 5.91 Å². The van der Waals surface area contributed by atoms with E-state index in [0.717, 1.165) is 48.2 Å². The highest BCUT2D eigenvalue weighted by molar-refractivity contribution is 5.93. The minimum atomic E-state index is -0.278. The van der Waals surface area contributed by atoms with Crippen LogP contribution in [0.4, 0.5) is 5.82 Å². The van der Waals surface area contributed by atoms with Gasteiger partial charge in [0.05, 0.1) is 11.9 Å². The number of pyridine rings is 1. The Kier molecular flexibility index (Phi) is 3.17. The standard InChI is InChI=1S/C21H18N4O/c1-22-21(11-12-21)16-9-7-14(8-10-16)17-3-2-4-19-23-18(13-25(17)19)24-20(26)15-5-6-15/h2-4,7-10,13,15H,5-6,11-12H2,(H,24,26). The monoisotopic (exact) mass is 342 g/mol. The van der Waals surface area contributed by atoms with E-state index in [1.807, 2.05) is 28.8 Å². The minimum absolute atomic E-state index is 0.0631. The summed E-state index contributed by atoms with van der Waals surface area (Å²) in [4.78, 5) is 20.3. The number of fused-ring (bicyclic) bond motifs is 1. The second-order valence-electron chi connectivity index (χ2n) is 7.25. The van der Waals surface area contributed by atoms with Gasteiger partial charge in [-0.15, -0.1) is 0 Å². The van der Waals surface area contributed by atoms with Crippen molar-refractivity contribution in [1.82, 2.24) is 9.38 Å². The van der Waals surface area contributed by atoms with E-state index in [9.17, 15) is 4.79 Å². The molecule has 1 amide bonds. The van der Waals surface area contributed by atoms with Crippen molar-refractivity contribution in [3.8, 4) is 11.3 Å². The third-order valence-corrected chi connectivity index (χ3v) is 5.35. The summed E-state index contributed by atoms with van der Waals surface area (Å²) in [5.41, 5.74) is 3.71. The van der Waals surface area contributed by atoms with Crippen LogP contribution in [0.1, 0.15) is 31.2 Å². The van der Waals surface area contributed by atoms with Gasteiger partial charge in [-0.1, -0.05) is 30.3 Å². The van der Waals surface area contributed by atoms with Crippen molar-refractivity contribution in [2.24, 2.45) is 5.92 Å². The number of carbonyl (C=O) groups is 1. The Bertz CT molecular complexity index is 1050. The molecule has 0 saturated heterocycles. The van der Waals surface area contributed by atoms with Gasteiger partial charge < -0.3 is 10.2 Å². The smallest absolute Gasteiger partial charge is 0.258 e. The number of amides is 1. The molecule has 128 valence electrons. The first kappa shape index (κ1) is 15.2. The lowest BCUT2D eigenvalue weighted by atomic mass is 10.0. The van der Waals surface area contributed by atoms with Crippen LogP contribution in [0, 0.1) is 12.5 Å². The van der Waals surface area contributed by atoms with Gasteiger partial charge in [-0.25, -0.2) is 11.6 Å². The van der Waals surface area contributed by atoms with Crippen LogP contribution < -0.4 is 5.32 Å². The lowest BCUT2D eigenvalue weighted by Crippen LogP contribution is -2.13. The average molecular weight is 342 g/mol. The molecular weight excluding hydrogens is 324 g/mol. The van der Waals surface area contributed by atoms with Crippen LogP contribution in [0.5, 0.6) is 0 Å². The lowest BCUT2D eigenvalue weighted by Gasteiger charge is -2.07. The maximum Gasteiger partial charge on any atom is 0.258 e. The molecule has 2 saturated carbocycles. The molecule has 2 fully saturated rings. The first-order valence-electron chi connectivity index (χ1n) is 8.97. The van der Waals surface area contributed by atoms with E-state index in [2.05, 4.69) is 39.4 Å². The molecule has 0 atom stereocenters. The molecule has 2 aliphatic rings. The Hall–Kier alpha value is -3.13. The zero-order valence-electron chi connectivity index (χ0n) is 14.3. The number of rotatable bonds is 4. The predicted octanol–water partition coefficient (Wildman–Crippen LogP) is 4.26. The second-order valence-corrected chi connectivity index (χ2v) is 7.25. The van der Waals surface area contributed by atoms with Gasteiger partial charge in [-0.3, -0.25) is 9.20 Å². The third kappa shape index (κ3) is 2.46. The molecule has 0 aliphatic heterocycles. The number of carbonyl (C=O) groups excluding carboxylic acids is 1. The van der Waals surface area contributed by atoms with Crippen molar-refractivity contribution in [3.05, 3.63) is 65.6 Å². The van der Waals surface area contributed by atoms with E-state index >= 15 is 0 Å². The fourth-order valence-electron chi connectivity index (χ4n) is 3.41. The summed E-state index contributed by atoms with van der Waals surface area (Å²) in [6.45, 7) is 7.40. The van der Waals surface area contributed by atoms with E-state index in [1.165, 1.54) is 0 Å². The van der Waals surface area contributed by atoms with Crippen molar-refractivity contribution >= 4 is 17.4 Å². The number of hydrogen-bond donors (Lipinski definition) is 1. The molecule has 0 unspecified atom stereocenters. The topological polar surface area (TPSA) is 50.8 Å². The molecule has 0 bridgehead atoms. The zero-order valence-corrected chi connectivity index (χ0v) is 14.3. The number of nitrogens with zero attached hydrogens (tertiary/aromatic N) is 3. The first-order valence-corrected chi connectivity index (χ1v) is 8.97. The van der Waals surface area contributed by atoms with Gasteiger partial charge in [0, 0.05) is 24.3 Å². The summed E-state index contributed by atoms with van der Waals surface area (Å²) in [5.74, 6) is 0.813. The summed E-state index contributed by atoms with van der Waals surface area (Å²) in [6.07, 6.45) is 5.74. The Balaban J connectivity index is 1.49. The van der Waals surface area contributed by atoms with Crippen LogP contribution in [0.15, 0.2) is 48.7 Å². The van der Waals surface area contributed by atoms with Crippen LogP contribution in [0.3, 0.4) is 0 Å². The molecule has 1 aromatic carbocycles. The largest absolute Gasteiger partial charge is 0.309 e. The zero-order chi connectivity index (χ0) is 17.7. The van der Waals surface area contributed by atoms with Crippen molar-refractivity contribution in [3.63, 3.8) is 0 Å². The second kappa shape index (κ2) is 5.43. The number of benzene rings is 1. The third-order valence-electron chi connectivity index (χ3n) is 5.35.